The Labute approximate surface area is 171 Å². The third-order valence-corrected chi connectivity index (χ3v) is 6.24. The lowest BCUT2D eigenvalue weighted by molar-refractivity contribution is 0.0310. The minimum atomic E-state index is -0.606. The van der Waals surface area contributed by atoms with Gasteiger partial charge in [-0.1, -0.05) is 24.3 Å². The van der Waals surface area contributed by atoms with Crippen LogP contribution in [0.25, 0.3) is 16.0 Å². The third-order valence-electron chi connectivity index (χ3n) is 5.39. The second kappa shape index (κ2) is 6.53. The summed E-state index contributed by atoms with van der Waals surface area (Å²) in [6, 6.07) is 12.0. The fourth-order valence-corrected chi connectivity index (χ4v) is 4.54. The van der Waals surface area contributed by atoms with E-state index >= 15 is 0 Å². The molecule has 1 fully saturated rings. The summed E-state index contributed by atoms with van der Waals surface area (Å²) in [5.74, 6) is 0.847. The van der Waals surface area contributed by atoms with E-state index in [-0.39, 0.29) is 10.8 Å². The number of aromatic amines is 1. The summed E-state index contributed by atoms with van der Waals surface area (Å²) in [6.45, 7) is 5.19. The van der Waals surface area contributed by atoms with Crippen LogP contribution in [0, 0.1) is 0 Å². The van der Waals surface area contributed by atoms with E-state index in [4.69, 9.17) is 5.10 Å². The molecule has 3 aromatic heterocycles. The Bertz CT molecular complexity index is 1230. The molecule has 148 valence electrons. The van der Waals surface area contributed by atoms with Crippen LogP contribution in [0.3, 0.4) is 0 Å². The van der Waals surface area contributed by atoms with Crippen molar-refractivity contribution < 1.29 is 5.11 Å². The number of anilines is 1. The van der Waals surface area contributed by atoms with Gasteiger partial charge < -0.3 is 15.0 Å². The van der Waals surface area contributed by atoms with Gasteiger partial charge in [-0.15, -0.1) is 0 Å². The summed E-state index contributed by atoms with van der Waals surface area (Å²) >= 11 is 1.22. The number of H-pyrrole nitrogens is 1. The molecule has 1 aromatic carbocycles. The fraction of sp³-hybridized carbons (Fsp3) is 0.286. The first-order valence-corrected chi connectivity index (χ1v) is 10.3. The van der Waals surface area contributed by atoms with Gasteiger partial charge in [0, 0.05) is 25.2 Å². The SMILES string of the molecule is CC(c1ccc2[nH]c(=O)sc2c1)c1ccn(-c2ccc(N3CC(C)(O)C3)cn2)n1. The van der Waals surface area contributed by atoms with Crippen LogP contribution in [0.1, 0.15) is 31.0 Å². The quantitative estimate of drug-likeness (QED) is 0.543. The normalized spacial score (nSPS) is 16.7. The van der Waals surface area contributed by atoms with Gasteiger partial charge in [0.25, 0.3) is 0 Å². The number of hydrogen-bond donors (Lipinski definition) is 2. The number of β-amino-alcohol motifs (C(OH)–C–C–N with tert-alkyl or cyclic N) is 1. The van der Waals surface area contributed by atoms with E-state index in [1.165, 1.54) is 11.3 Å². The van der Waals surface area contributed by atoms with Gasteiger partial charge in [-0.3, -0.25) is 4.79 Å². The number of pyridine rings is 1. The van der Waals surface area contributed by atoms with Gasteiger partial charge >= 0.3 is 4.87 Å². The summed E-state index contributed by atoms with van der Waals surface area (Å²) in [7, 11) is 0. The highest BCUT2D eigenvalue weighted by atomic mass is 32.1. The minimum Gasteiger partial charge on any atom is -0.386 e. The van der Waals surface area contributed by atoms with E-state index in [2.05, 4.69) is 27.9 Å². The predicted molar refractivity (Wildman–Crippen MR) is 114 cm³/mol. The largest absolute Gasteiger partial charge is 0.386 e. The van der Waals surface area contributed by atoms with E-state index in [9.17, 15) is 9.90 Å². The fourth-order valence-electron chi connectivity index (χ4n) is 3.76. The summed E-state index contributed by atoms with van der Waals surface area (Å²) in [4.78, 5) is 21.0. The maximum atomic E-state index is 11.5. The molecule has 1 atom stereocenters. The molecule has 0 amide bonds. The second-order valence-corrected chi connectivity index (χ2v) is 8.92. The lowest BCUT2D eigenvalue weighted by Crippen LogP contribution is -2.60. The molecule has 8 heteroatoms. The van der Waals surface area contributed by atoms with E-state index in [1.807, 2.05) is 49.6 Å². The number of thiazole rings is 1. The Morgan fingerprint density at radius 2 is 2.07 bits per heavy atom. The molecule has 0 radical (unpaired) electrons. The Balaban J connectivity index is 1.36. The molecule has 1 aliphatic rings. The average molecular weight is 407 g/mol. The zero-order valence-corrected chi connectivity index (χ0v) is 17.0. The first-order chi connectivity index (χ1) is 13.9. The number of aromatic nitrogens is 4. The maximum absolute atomic E-state index is 11.5. The molecule has 1 saturated heterocycles. The van der Waals surface area contributed by atoms with Crippen molar-refractivity contribution in [1.82, 2.24) is 19.7 Å². The number of rotatable bonds is 4. The molecule has 1 aliphatic heterocycles. The number of fused-ring (bicyclic) bond motifs is 1. The van der Waals surface area contributed by atoms with Gasteiger partial charge in [-0.2, -0.15) is 5.10 Å². The summed E-state index contributed by atoms with van der Waals surface area (Å²) < 4.78 is 2.73. The molecule has 4 aromatic rings. The van der Waals surface area contributed by atoms with Crippen molar-refractivity contribution in [2.75, 3.05) is 18.0 Å². The van der Waals surface area contributed by atoms with Crippen molar-refractivity contribution in [2.24, 2.45) is 0 Å². The molecule has 1 unspecified atom stereocenters. The van der Waals surface area contributed by atoms with E-state index in [0.29, 0.717) is 13.1 Å². The van der Waals surface area contributed by atoms with Crippen LogP contribution in [0.2, 0.25) is 0 Å². The summed E-state index contributed by atoms with van der Waals surface area (Å²) in [5.41, 5.74) is 3.32. The topological polar surface area (TPSA) is 87.0 Å². The smallest absolute Gasteiger partial charge is 0.305 e. The minimum absolute atomic E-state index is 0.0366. The molecule has 0 aliphatic carbocycles. The molecule has 0 bridgehead atoms. The Kier molecular flexibility index (Phi) is 4.07. The standard InChI is InChI=1S/C21H21N5O2S/c1-13(14-3-5-17-18(9-14)29-20(27)23-17)16-7-8-26(24-16)19-6-4-15(10-22-19)25-11-21(2,28)12-25/h3-10,13,28H,11-12H2,1-2H3,(H,23,27). The van der Waals surface area contributed by atoms with Crippen molar-refractivity contribution in [1.29, 1.82) is 0 Å². The maximum Gasteiger partial charge on any atom is 0.305 e. The van der Waals surface area contributed by atoms with Gasteiger partial charge in [-0.25, -0.2) is 9.67 Å². The first-order valence-electron chi connectivity index (χ1n) is 9.50. The van der Waals surface area contributed by atoms with Crippen LogP contribution in [-0.2, 0) is 0 Å². The lowest BCUT2D eigenvalue weighted by Gasteiger charge is -2.45. The molecule has 0 saturated carbocycles. The monoisotopic (exact) mass is 407 g/mol. The second-order valence-electron chi connectivity index (χ2n) is 7.90. The zero-order chi connectivity index (χ0) is 20.2. The number of aliphatic hydroxyl groups is 1. The number of benzene rings is 1. The summed E-state index contributed by atoms with van der Waals surface area (Å²) in [5, 5.41) is 14.6. The summed E-state index contributed by atoms with van der Waals surface area (Å²) in [6.07, 6.45) is 3.73. The average Bonchev–Trinajstić information content (AvgIpc) is 3.31. The predicted octanol–water partition coefficient (Wildman–Crippen LogP) is 2.89. The highest BCUT2D eigenvalue weighted by Gasteiger charge is 2.36. The van der Waals surface area contributed by atoms with Gasteiger partial charge in [-0.05, 0) is 42.8 Å². The molecule has 5 rings (SSSR count). The molecule has 2 N–H and O–H groups in total. The van der Waals surface area contributed by atoms with Gasteiger partial charge in [0.1, 0.15) is 0 Å². The number of nitrogens with zero attached hydrogens (tertiary/aromatic N) is 4. The van der Waals surface area contributed by atoms with Crippen LogP contribution >= 0.6 is 11.3 Å². The highest BCUT2D eigenvalue weighted by Crippen LogP contribution is 2.28. The molecule has 0 spiro atoms. The van der Waals surface area contributed by atoms with Crippen LogP contribution in [0.5, 0.6) is 0 Å². The van der Waals surface area contributed by atoms with E-state index < -0.39 is 5.60 Å². The Morgan fingerprint density at radius 3 is 2.79 bits per heavy atom. The van der Waals surface area contributed by atoms with Gasteiger partial charge in [0.15, 0.2) is 5.82 Å². The molecule has 7 nitrogen and oxygen atoms in total. The van der Waals surface area contributed by atoms with Gasteiger partial charge in [0.2, 0.25) is 0 Å². The zero-order valence-electron chi connectivity index (χ0n) is 16.2. The Morgan fingerprint density at radius 1 is 1.24 bits per heavy atom. The lowest BCUT2D eigenvalue weighted by atomic mass is 9.96. The Hall–Kier alpha value is -2.97. The molecular weight excluding hydrogens is 386 g/mol. The number of hydrogen-bond acceptors (Lipinski definition) is 6. The number of nitrogens with one attached hydrogen (secondary N) is 1. The van der Waals surface area contributed by atoms with E-state index in [1.54, 1.807) is 4.68 Å². The van der Waals surface area contributed by atoms with Crippen molar-refractivity contribution in [2.45, 2.75) is 25.4 Å². The van der Waals surface area contributed by atoms with Crippen LogP contribution in [0.15, 0.2) is 53.6 Å². The molecule has 4 heterocycles. The third kappa shape index (κ3) is 3.34. The van der Waals surface area contributed by atoms with Crippen LogP contribution in [0.4, 0.5) is 5.69 Å². The van der Waals surface area contributed by atoms with Gasteiger partial charge in [0.05, 0.1) is 33.4 Å². The van der Waals surface area contributed by atoms with Crippen molar-refractivity contribution in [3.63, 3.8) is 0 Å². The van der Waals surface area contributed by atoms with Crippen molar-refractivity contribution in [3.05, 3.63) is 69.7 Å². The molecular formula is C21H21N5O2S. The van der Waals surface area contributed by atoms with Crippen LogP contribution < -0.4 is 9.77 Å². The first kappa shape index (κ1) is 18.1. The van der Waals surface area contributed by atoms with Crippen molar-refractivity contribution >= 4 is 27.2 Å². The van der Waals surface area contributed by atoms with E-state index in [0.717, 1.165) is 33.0 Å². The molecule has 29 heavy (non-hydrogen) atoms. The van der Waals surface area contributed by atoms with Crippen LogP contribution in [-0.4, -0.2) is 43.5 Å². The highest BCUT2D eigenvalue weighted by molar-refractivity contribution is 7.16. The van der Waals surface area contributed by atoms with Crippen molar-refractivity contribution in [3.8, 4) is 5.82 Å².